The van der Waals surface area contributed by atoms with E-state index in [0.717, 1.165) is 0 Å². The summed E-state index contributed by atoms with van der Waals surface area (Å²) in [6.07, 6.45) is -11.7. The normalized spacial score (nSPS) is 64.4. The molecule has 16 nitrogen and oxygen atoms in total. The lowest BCUT2D eigenvalue weighted by Crippen LogP contribution is -2.90. The van der Waals surface area contributed by atoms with Gasteiger partial charge in [-0.15, -0.1) is 0 Å². The molecule has 17 heteroatoms. The van der Waals surface area contributed by atoms with Gasteiger partial charge in [0.05, 0.1) is 6.61 Å². The second kappa shape index (κ2) is 5.90. The topological polar surface area (TPSA) is 266 Å². The quantitative estimate of drug-likeness (QED) is 0.179. The van der Waals surface area contributed by atoms with Crippen LogP contribution in [0.1, 0.15) is 0 Å². The van der Waals surface area contributed by atoms with Gasteiger partial charge in [-0.3, -0.25) is 0 Å². The van der Waals surface area contributed by atoms with E-state index < -0.39 is 80.5 Å². The molecule has 0 radical (unpaired) electrons. The molecule has 10 N–H and O–H groups in total. The van der Waals surface area contributed by atoms with Crippen LogP contribution in [0.4, 0.5) is 0 Å². The summed E-state index contributed by atoms with van der Waals surface area (Å²) in [7, 11) is -5.09. The summed E-state index contributed by atoms with van der Waals surface area (Å²) in [5.74, 6) is -17.9. The van der Waals surface area contributed by atoms with Crippen molar-refractivity contribution in [2.75, 3.05) is 13.2 Å². The Morgan fingerprint density at radius 3 is 2.00 bits per heavy atom. The maximum atomic E-state index is 12.6. The highest BCUT2D eigenvalue weighted by Gasteiger charge is 2.96. The average Bonchev–Trinajstić information content (AvgIpc) is 3.02. The van der Waals surface area contributed by atoms with Crippen LogP contribution >= 0.6 is 7.82 Å². The molecule has 0 spiro atoms. The number of hydrogen-bond acceptors (Lipinski definition) is 16. The molecule has 4 aliphatic rings. The molecule has 4 rings (SSSR count). The van der Waals surface area contributed by atoms with Crippen molar-refractivity contribution in [1.82, 2.24) is 0 Å². The Kier molecular flexibility index (Phi) is 4.44. The number of hydrogen-bond donors (Lipinski definition) is 10. The van der Waals surface area contributed by atoms with Gasteiger partial charge in [0.25, 0.3) is 23.1 Å². The van der Waals surface area contributed by atoms with Crippen molar-refractivity contribution >= 4 is 7.82 Å². The molecule has 0 saturated carbocycles. The Balaban J connectivity index is 1.94. The minimum absolute atomic E-state index is 1.09. The van der Waals surface area contributed by atoms with E-state index in [1.54, 1.807) is 0 Å². The molecule has 4 aliphatic heterocycles. The van der Waals surface area contributed by atoms with Gasteiger partial charge in [-0.2, -0.15) is 0 Å². The summed E-state index contributed by atoms with van der Waals surface area (Å²) in [6.45, 7) is -2.64. The lowest BCUT2D eigenvalue weighted by molar-refractivity contribution is -0.577. The van der Waals surface area contributed by atoms with Crippen molar-refractivity contribution in [3.8, 4) is 0 Å². The van der Waals surface area contributed by atoms with Gasteiger partial charge in [0.15, 0.2) is 6.10 Å². The Hall–Kier alpha value is -0.370. The SMILES string of the molecule is O=P12OC3([C@@]4(O)O[C@H](CO)[C@@H](O)[C@H](O)[C@@H]4O)O[C@@](O)(CO)[C@@H](O)[C@@](O)(O1)[C@@]3(O)O2. The van der Waals surface area contributed by atoms with Crippen molar-refractivity contribution in [1.29, 1.82) is 0 Å². The molecule has 4 fully saturated rings. The van der Waals surface area contributed by atoms with E-state index in [-0.39, 0.29) is 0 Å². The van der Waals surface area contributed by atoms with E-state index >= 15 is 0 Å². The van der Waals surface area contributed by atoms with Gasteiger partial charge < -0.3 is 60.5 Å². The monoisotopic (exact) mass is 450 g/mol. The van der Waals surface area contributed by atoms with Crippen molar-refractivity contribution in [2.45, 2.75) is 59.5 Å². The maximum absolute atomic E-state index is 12.6. The van der Waals surface area contributed by atoms with Crippen molar-refractivity contribution in [3.63, 3.8) is 0 Å². The third-order valence-electron chi connectivity index (χ3n) is 5.45. The zero-order chi connectivity index (χ0) is 21.8. The Labute approximate surface area is 160 Å². The molecular weight excluding hydrogens is 431 g/mol. The number of ether oxygens (including phenoxy) is 2. The minimum atomic E-state index is -5.09. The number of aliphatic hydroxyl groups is 10. The summed E-state index contributed by atoms with van der Waals surface area (Å²) in [4.78, 5) is 0. The molecule has 0 aromatic carbocycles. The van der Waals surface area contributed by atoms with Gasteiger partial charge >= 0.3 is 7.82 Å². The summed E-state index contributed by atoms with van der Waals surface area (Å²) < 4.78 is 36.3. The van der Waals surface area contributed by atoms with E-state index in [4.69, 9.17) is 14.0 Å². The van der Waals surface area contributed by atoms with Crippen LogP contribution in [-0.2, 0) is 27.6 Å². The van der Waals surface area contributed by atoms with E-state index in [1.807, 2.05) is 0 Å². The fraction of sp³-hybridized carbons (Fsp3) is 1.00. The molecule has 0 aromatic heterocycles. The van der Waals surface area contributed by atoms with Crippen LogP contribution in [0.3, 0.4) is 0 Å². The molecular formula is C12H19O16P. The molecule has 4 heterocycles. The molecule has 29 heavy (non-hydrogen) atoms. The first-order valence-electron chi connectivity index (χ1n) is 8.13. The highest BCUT2D eigenvalue weighted by Crippen LogP contribution is 2.79. The molecule has 168 valence electrons. The lowest BCUT2D eigenvalue weighted by Gasteiger charge is -2.61. The number of fused-ring (bicyclic) bond motifs is 1. The molecule has 0 aromatic rings. The fourth-order valence-electron chi connectivity index (χ4n) is 3.89. The predicted molar refractivity (Wildman–Crippen MR) is 77.5 cm³/mol. The third-order valence-corrected chi connectivity index (χ3v) is 6.92. The number of phosphoric acid groups is 1. The molecule has 0 aliphatic carbocycles. The van der Waals surface area contributed by atoms with E-state index in [1.165, 1.54) is 0 Å². The summed E-state index contributed by atoms with van der Waals surface area (Å²) in [6, 6.07) is 0. The number of aliphatic hydroxyl groups excluding tert-OH is 6. The predicted octanol–water partition coefficient (Wildman–Crippen LogP) is -6.52. The van der Waals surface area contributed by atoms with Gasteiger partial charge in [-0.05, 0) is 0 Å². The van der Waals surface area contributed by atoms with Crippen LogP contribution < -0.4 is 0 Å². The first-order chi connectivity index (χ1) is 13.2. The smallest absolute Gasteiger partial charge is 0.394 e. The average molecular weight is 450 g/mol. The van der Waals surface area contributed by atoms with Gasteiger partial charge in [0, 0.05) is 0 Å². The molecule has 0 amide bonds. The third kappa shape index (κ3) is 2.21. The Bertz CT molecular complexity index is 764. The van der Waals surface area contributed by atoms with Crippen LogP contribution in [0.25, 0.3) is 0 Å². The van der Waals surface area contributed by atoms with Crippen LogP contribution in [0.15, 0.2) is 0 Å². The van der Waals surface area contributed by atoms with Gasteiger partial charge in [-0.1, -0.05) is 0 Å². The Morgan fingerprint density at radius 2 is 1.48 bits per heavy atom. The molecule has 4 saturated heterocycles. The highest BCUT2D eigenvalue weighted by atomic mass is 31.2. The van der Waals surface area contributed by atoms with Crippen LogP contribution in [-0.4, -0.2) is 124 Å². The number of phosphoric ester groups is 1. The van der Waals surface area contributed by atoms with Crippen LogP contribution in [0.5, 0.6) is 0 Å². The van der Waals surface area contributed by atoms with Crippen molar-refractivity contribution in [3.05, 3.63) is 0 Å². The molecule has 2 unspecified atom stereocenters. The fourth-order valence-corrected chi connectivity index (χ4v) is 5.75. The summed E-state index contributed by atoms with van der Waals surface area (Å²) in [5.41, 5.74) is 0. The standard InChI is InChI=1S/C12H19O16P/c13-1-3-4(15)5(16)6(17)9(20,24-3)12-11(22)10(21,26-29(23,27-11)28-12)7(18)8(19,2-14)25-12/h3-7,13-22H,1-2H2/t3-,4-,5+,6+,7-,8+,9+,10-,11-,12?,29?/m1/s1. The van der Waals surface area contributed by atoms with E-state index in [2.05, 4.69) is 9.05 Å². The van der Waals surface area contributed by atoms with E-state index in [0.29, 0.717) is 0 Å². The zero-order valence-electron chi connectivity index (χ0n) is 14.2. The summed E-state index contributed by atoms with van der Waals surface area (Å²) >= 11 is 0. The minimum Gasteiger partial charge on any atom is -0.394 e. The van der Waals surface area contributed by atoms with Crippen LogP contribution in [0, 0.1) is 0 Å². The summed E-state index contributed by atoms with van der Waals surface area (Å²) in [5, 5.41) is 102. The van der Waals surface area contributed by atoms with Crippen LogP contribution in [0.2, 0.25) is 0 Å². The van der Waals surface area contributed by atoms with Gasteiger partial charge in [0.1, 0.15) is 31.0 Å². The van der Waals surface area contributed by atoms with E-state index in [9.17, 15) is 55.6 Å². The van der Waals surface area contributed by atoms with Gasteiger partial charge in [-0.25, -0.2) is 18.1 Å². The first kappa shape index (κ1) is 21.8. The molecule has 2 bridgehead atoms. The number of rotatable bonds is 3. The molecule has 11 atom stereocenters. The maximum Gasteiger partial charge on any atom is 0.483 e. The second-order valence-electron chi connectivity index (χ2n) is 7.15. The largest absolute Gasteiger partial charge is 0.483 e. The first-order valence-corrected chi connectivity index (χ1v) is 9.59. The highest BCUT2D eigenvalue weighted by molar-refractivity contribution is 7.49. The lowest BCUT2D eigenvalue weighted by atomic mass is 9.76. The van der Waals surface area contributed by atoms with Gasteiger partial charge in [0.2, 0.25) is 5.79 Å². The van der Waals surface area contributed by atoms with Crippen molar-refractivity contribution in [2.24, 2.45) is 0 Å². The Morgan fingerprint density at radius 1 is 0.862 bits per heavy atom. The van der Waals surface area contributed by atoms with Crippen molar-refractivity contribution < 1.29 is 78.7 Å². The second-order valence-corrected chi connectivity index (χ2v) is 8.59. The zero-order valence-corrected chi connectivity index (χ0v) is 15.1.